The Balaban J connectivity index is 2.17. The molecule has 0 saturated heterocycles. The maximum atomic E-state index is 10.1. The Hall–Kier alpha value is -1.10. The molecule has 0 spiro atoms. The van der Waals surface area contributed by atoms with Gasteiger partial charge in [0.2, 0.25) is 0 Å². The third-order valence-electron chi connectivity index (χ3n) is 4.14. The molecule has 0 aliphatic heterocycles. The van der Waals surface area contributed by atoms with Crippen LogP contribution in [0, 0.1) is 5.41 Å². The van der Waals surface area contributed by atoms with Gasteiger partial charge in [-0.05, 0) is 49.3 Å². The van der Waals surface area contributed by atoms with Gasteiger partial charge in [0.1, 0.15) is 12.4 Å². The van der Waals surface area contributed by atoms with Crippen LogP contribution < -0.4 is 10.1 Å². The highest BCUT2D eigenvalue weighted by Crippen LogP contribution is 2.26. The summed E-state index contributed by atoms with van der Waals surface area (Å²) < 4.78 is 11.2. The standard InChI is InChI=1S/C22H39NO3/c1-17(2)18-8-10-20(11-9-18)26-13-12-25-15-19(24)14-23-22(6,7)16-21(3,4)5/h8-11,17,19,23-24H,12-16H2,1-7H3/t19-/m0/s1. The topological polar surface area (TPSA) is 50.7 Å². The molecule has 1 rings (SSSR count). The van der Waals surface area contributed by atoms with E-state index < -0.39 is 6.10 Å². The first-order valence-corrected chi connectivity index (χ1v) is 9.72. The Morgan fingerprint density at radius 2 is 1.62 bits per heavy atom. The van der Waals surface area contributed by atoms with Crippen molar-refractivity contribution < 1.29 is 14.6 Å². The summed E-state index contributed by atoms with van der Waals surface area (Å²) >= 11 is 0. The van der Waals surface area contributed by atoms with Crippen LogP contribution in [0.5, 0.6) is 5.75 Å². The average molecular weight is 366 g/mol. The van der Waals surface area contributed by atoms with Gasteiger partial charge in [-0.15, -0.1) is 0 Å². The highest BCUT2D eigenvalue weighted by atomic mass is 16.5. The zero-order chi connectivity index (χ0) is 19.8. The van der Waals surface area contributed by atoms with E-state index in [4.69, 9.17) is 9.47 Å². The molecule has 0 saturated carbocycles. The predicted molar refractivity (Wildman–Crippen MR) is 109 cm³/mol. The lowest BCUT2D eigenvalue weighted by Crippen LogP contribution is -2.46. The molecule has 0 aliphatic carbocycles. The number of rotatable bonds is 11. The fourth-order valence-electron chi connectivity index (χ4n) is 3.23. The summed E-state index contributed by atoms with van der Waals surface area (Å²) in [5.74, 6) is 1.38. The molecule has 4 nitrogen and oxygen atoms in total. The maximum absolute atomic E-state index is 10.1. The van der Waals surface area contributed by atoms with Gasteiger partial charge in [0.15, 0.2) is 0 Å². The third-order valence-corrected chi connectivity index (χ3v) is 4.14. The summed E-state index contributed by atoms with van der Waals surface area (Å²) in [7, 11) is 0. The molecule has 26 heavy (non-hydrogen) atoms. The van der Waals surface area contributed by atoms with Gasteiger partial charge in [-0.3, -0.25) is 0 Å². The lowest BCUT2D eigenvalue weighted by molar-refractivity contribution is 0.0211. The van der Waals surface area contributed by atoms with E-state index in [1.807, 2.05) is 12.1 Å². The van der Waals surface area contributed by atoms with Crippen LogP contribution >= 0.6 is 0 Å². The zero-order valence-corrected chi connectivity index (χ0v) is 17.8. The number of aliphatic hydroxyl groups is 1. The first-order chi connectivity index (χ1) is 12.0. The largest absolute Gasteiger partial charge is 0.491 e. The van der Waals surface area contributed by atoms with Crippen molar-refractivity contribution in [1.82, 2.24) is 5.32 Å². The maximum Gasteiger partial charge on any atom is 0.119 e. The summed E-state index contributed by atoms with van der Waals surface area (Å²) in [5, 5.41) is 13.5. The van der Waals surface area contributed by atoms with Crippen LogP contribution in [0.25, 0.3) is 0 Å². The minimum absolute atomic E-state index is 0.00943. The molecule has 0 amide bonds. The Morgan fingerprint density at radius 1 is 1.00 bits per heavy atom. The number of nitrogens with one attached hydrogen (secondary N) is 1. The molecule has 0 fully saturated rings. The van der Waals surface area contributed by atoms with Crippen LogP contribution in [0.2, 0.25) is 0 Å². The summed E-state index contributed by atoms with van der Waals surface area (Å²) in [4.78, 5) is 0. The van der Waals surface area contributed by atoms with Crippen molar-refractivity contribution in [3.8, 4) is 5.75 Å². The van der Waals surface area contributed by atoms with E-state index in [0.29, 0.717) is 32.3 Å². The predicted octanol–water partition coefficient (Wildman–Crippen LogP) is 4.37. The van der Waals surface area contributed by atoms with Gasteiger partial charge in [0.25, 0.3) is 0 Å². The van der Waals surface area contributed by atoms with Crippen LogP contribution in [0.4, 0.5) is 0 Å². The van der Waals surface area contributed by atoms with Crippen molar-refractivity contribution in [2.45, 2.75) is 72.4 Å². The third kappa shape index (κ3) is 10.1. The van der Waals surface area contributed by atoms with Crippen molar-refractivity contribution in [3.05, 3.63) is 29.8 Å². The van der Waals surface area contributed by atoms with Gasteiger partial charge in [-0.25, -0.2) is 0 Å². The van der Waals surface area contributed by atoms with Crippen LogP contribution in [0.3, 0.4) is 0 Å². The van der Waals surface area contributed by atoms with Gasteiger partial charge >= 0.3 is 0 Å². The summed E-state index contributed by atoms with van der Waals surface area (Å²) in [6.07, 6.45) is 0.524. The molecule has 0 unspecified atom stereocenters. The Kier molecular flexibility index (Phi) is 9.08. The van der Waals surface area contributed by atoms with E-state index in [0.717, 1.165) is 12.2 Å². The molecular formula is C22H39NO3. The highest BCUT2D eigenvalue weighted by molar-refractivity contribution is 5.28. The number of β-amino-alcohol motifs (C(OH)–C–C–N with tert-alkyl or cyclic N) is 1. The van der Waals surface area contributed by atoms with Crippen molar-refractivity contribution in [3.63, 3.8) is 0 Å². The Morgan fingerprint density at radius 3 is 2.15 bits per heavy atom. The van der Waals surface area contributed by atoms with Crippen molar-refractivity contribution in [2.75, 3.05) is 26.4 Å². The van der Waals surface area contributed by atoms with Gasteiger partial charge in [-0.2, -0.15) is 0 Å². The smallest absolute Gasteiger partial charge is 0.119 e. The minimum Gasteiger partial charge on any atom is -0.491 e. The monoisotopic (exact) mass is 365 g/mol. The summed E-state index contributed by atoms with van der Waals surface area (Å²) in [6.45, 7) is 17.2. The minimum atomic E-state index is -0.514. The quantitative estimate of drug-likeness (QED) is 0.572. The van der Waals surface area contributed by atoms with E-state index in [-0.39, 0.29) is 11.0 Å². The van der Waals surface area contributed by atoms with Gasteiger partial charge in [0.05, 0.1) is 19.3 Å². The number of aliphatic hydroxyl groups excluding tert-OH is 1. The van der Waals surface area contributed by atoms with Crippen LogP contribution in [0.15, 0.2) is 24.3 Å². The number of hydrogen-bond donors (Lipinski definition) is 2. The molecule has 1 aromatic rings. The molecule has 0 radical (unpaired) electrons. The van der Waals surface area contributed by atoms with Crippen LogP contribution in [0.1, 0.15) is 66.4 Å². The molecule has 2 N–H and O–H groups in total. The van der Waals surface area contributed by atoms with Crippen molar-refractivity contribution in [1.29, 1.82) is 0 Å². The van der Waals surface area contributed by atoms with Crippen molar-refractivity contribution >= 4 is 0 Å². The summed E-state index contributed by atoms with van der Waals surface area (Å²) in [5.41, 5.74) is 1.55. The molecule has 4 heteroatoms. The second-order valence-electron chi connectivity index (χ2n) is 9.30. The Labute approximate surface area is 160 Å². The first-order valence-electron chi connectivity index (χ1n) is 9.72. The Bertz CT molecular complexity index is 503. The molecule has 1 aromatic carbocycles. The second-order valence-corrected chi connectivity index (χ2v) is 9.30. The molecule has 1 atom stereocenters. The van der Waals surface area contributed by atoms with Gasteiger partial charge in [-0.1, -0.05) is 46.8 Å². The van der Waals surface area contributed by atoms with E-state index in [1.54, 1.807) is 0 Å². The molecule has 0 bridgehead atoms. The first kappa shape index (κ1) is 22.9. The normalized spacial score (nSPS) is 13.9. The van der Waals surface area contributed by atoms with Crippen LogP contribution in [-0.4, -0.2) is 43.1 Å². The van der Waals surface area contributed by atoms with E-state index in [1.165, 1.54) is 5.56 Å². The fourth-order valence-corrected chi connectivity index (χ4v) is 3.23. The summed E-state index contributed by atoms with van der Waals surface area (Å²) in [6, 6.07) is 8.17. The number of ether oxygens (including phenoxy) is 2. The SMILES string of the molecule is CC(C)c1ccc(OCCOC[C@@H](O)CNC(C)(C)CC(C)(C)C)cc1. The van der Waals surface area contributed by atoms with Crippen LogP contribution in [-0.2, 0) is 4.74 Å². The molecule has 150 valence electrons. The lowest BCUT2D eigenvalue weighted by atomic mass is 9.82. The highest BCUT2D eigenvalue weighted by Gasteiger charge is 2.25. The lowest BCUT2D eigenvalue weighted by Gasteiger charge is -2.34. The molecule has 0 aromatic heterocycles. The van der Waals surface area contributed by atoms with E-state index >= 15 is 0 Å². The van der Waals surface area contributed by atoms with Gasteiger partial charge < -0.3 is 19.9 Å². The van der Waals surface area contributed by atoms with Gasteiger partial charge in [0, 0.05) is 12.1 Å². The second kappa shape index (κ2) is 10.3. The van der Waals surface area contributed by atoms with E-state index in [9.17, 15) is 5.11 Å². The average Bonchev–Trinajstić information content (AvgIpc) is 2.51. The van der Waals surface area contributed by atoms with Crippen molar-refractivity contribution in [2.24, 2.45) is 5.41 Å². The molecular weight excluding hydrogens is 326 g/mol. The zero-order valence-electron chi connectivity index (χ0n) is 17.8. The van der Waals surface area contributed by atoms with E-state index in [2.05, 4.69) is 65.9 Å². The fraction of sp³-hybridized carbons (Fsp3) is 0.727. The number of hydrogen-bond acceptors (Lipinski definition) is 4. The molecule has 0 aliphatic rings. The molecule has 0 heterocycles. The number of benzene rings is 1.